The molecule has 0 N–H and O–H groups in total. The van der Waals surface area contributed by atoms with Gasteiger partial charge in [0.15, 0.2) is 0 Å². The Morgan fingerprint density at radius 1 is 1.00 bits per heavy atom. The van der Waals surface area contributed by atoms with E-state index in [0.717, 1.165) is 49.3 Å². The number of nitrogens with zero attached hydrogens (tertiary/aromatic N) is 3. The van der Waals surface area contributed by atoms with Gasteiger partial charge in [-0.1, -0.05) is 42.5 Å². The molecule has 4 nitrogen and oxygen atoms in total. The molecule has 0 amide bonds. The number of para-hydroxylation sites is 1. The van der Waals surface area contributed by atoms with Gasteiger partial charge < -0.3 is 9.64 Å². The standard InChI is InChI=1S/C21H25N3O/c1-23-14-7-10-18(13-15-23)25-21-19-11-5-6-12-20(19)24(22-21)16-17-8-3-2-4-9-17/h2-6,8-9,11-12,18H,7,10,13-16H2,1H3. The molecule has 2 aromatic carbocycles. The molecule has 25 heavy (non-hydrogen) atoms. The van der Waals surface area contributed by atoms with Crippen LogP contribution in [0.3, 0.4) is 0 Å². The van der Waals surface area contributed by atoms with Gasteiger partial charge in [0, 0.05) is 6.54 Å². The van der Waals surface area contributed by atoms with Crippen LogP contribution in [0.15, 0.2) is 54.6 Å². The minimum Gasteiger partial charge on any atom is -0.473 e. The third-order valence-electron chi connectivity index (χ3n) is 4.98. The zero-order chi connectivity index (χ0) is 17.1. The van der Waals surface area contributed by atoms with Gasteiger partial charge >= 0.3 is 0 Å². The summed E-state index contributed by atoms with van der Waals surface area (Å²) in [5, 5.41) is 5.92. The fourth-order valence-electron chi connectivity index (χ4n) is 3.55. The average Bonchev–Trinajstić information content (AvgIpc) is 2.83. The maximum atomic E-state index is 6.36. The Balaban J connectivity index is 1.61. The van der Waals surface area contributed by atoms with Crippen molar-refractivity contribution in [3.05, 3.63) is 60.2 Å². The van der Waals surface area contributed by atoms with E-state index in [1.54, 1.807) is 0 Å². The minimum absolute atomic E-state index is 0.258. The normalized spacial score (nSPS) is 19.0. The fourth-order valence-corrected chi connectivity index (χ4v) is 3.55. The average molecular weight is 335 g/mol. The molecule has 4 heteroatoms. The molecule has 3 aromatic rings. The first-order chi connectivity index (χ1) is 12.3. The van der Waals surface area contributed by atoms with Crippen LogP contribution in [0.25, 0.3) is 10.9 Å². The fraction of sp³-hybridized carbons (Fsp3) is 0.381. The lowest BCUT2D eigenvalue weighted by Gasteiger charge is -2.15. The number of benzene rings is 2. The highest BCUT2D eigenvalue weighted by molar-refractivity contribution is 5.84. The molecular weight excluding hydrogens is 310 g/mol. The van der Waals surface area contributed by atoms with E-state index >= 15 is 0 Å². The van der Waals surface area contributed by atoms with E-state index in [1.807, 2.05) is 6.07 Å². The maximum Gasteiger partial charge on any atom is 0.241 e. The highest BCUT2D eigenvalue weighted by Gasteiger charge is 2.19. The molecular formula is C21H25N3O. The molecule has 1 atom stereocenters. The van der Waals surface area contributed by atoms with Crippen LogP contribution in [0.1, 0.15) is 24.8 Å². The Labute approximate surface area is 149 Å². The summed E-state index contributed by atoms with van der Waals surface area (Å²) in [6.07, 6.45) is 3.61. The summed E-state index contributed by atoms with van der Waals surface area (Å²) in [7, 11) is 2.19. The van der Waals surface area contributed by atoms with Crippen LogP contribution in [0.2, 0.25) is 0 Å². The largest absolute Gasteiger partial charge is 0.473 e. The van der Waals surface area contributed by atoms with Crippen molar-refractivity contribution >= 4 is 10.9 Å². The highest BCUT2D eigenvalue weighted by Crippen LogP contribution is 2.28. The smallest absolute Gasteiger partial charge is 0.241 e. The Kier molecular flexibility index (Phi) is 4.70. The highest BCUT2D eigenvalue weighted by atomic mass is 16.5. The molecule has 1 unspecified atom stereocenters. The van der Waals surface area contributed by atoms with Gasteiger partial charge in [-0.25, -0.2) is 0 Å². The van der Waals surface area contributed by atoms with Gasteiger partial charge in [-0.05, 0) is 50.6 Å². The lowest BCUT2D eigenvalue weighted by atomic mass is 10.1. The molecule has 4 rings (SSSR count). The molecule has 1 aromatic heterocycles. The number of rotatable bonds is 4. The van der Waals surface area contributed by atoms with E-state index < -0.39 is 0 Å². The quantitative estimate of drug-likeness (QED) is 0.723. The van der Waals surface area contributed by atoms with E-state index in [9.17, 15) is 0 Å². The van der Waals surface area contributed by atoms with Crippen LogP contribution in [0.4, 0.5) is 0 Å². The van der Waals surface area contributed by atoms with Crippen molar-refractivity contribution in [1.29, 1.82) is 0 Å². The van der Waals surface area contributed by atoms with Crippen molar-refractivity contribution < 1.29 is 4.74 Å². The van der Waals surface area contributed by atoms with E-state index in [0.29, 0.717) is 0 Å². The first kappa shape index (κ1) is 16.2. The summed E-state index contributed by atoms with van der Waals surface area (Å²) < 4.78 is 8.42. The molecule has 130 valence electrons. The van der Waals surface area contributed by atoms with Crippen LogP contribution in [0, 0.1) is 0 Å². The predicted octanol–water partition coefficient (Wildman–Crippen LogP) is 3.95. The van der Waals surface area contributed by atoms with Gasteiger partial charge in [-0.15, -0.1) is 5.10 Å². The Morgan fingerprint density at radius 2 is 1.80 bits per heavy atom. The molecule has 1 fully saturated rings. The molecule has 0 bridgehead atoms. The predicted molar refractivity (Wildman–Crippen MR) is 101 cm³/mol. The topological polar surface area (TPSA) is 30.3 Å². The third-order valence-corrected chi connectivity index (χ3v) is 4.98. The second kappa shape index (κ2) is 7.28. The molecule has 0 aliphatic carbocycles. The monoisotopic (exact) mass is 335 g/mol. The van der Waals surface area contributed by atoms with Crippen molar-refractivity contribution in [2.24, 2.45) is 0 Å². The van der Waals surface area contributed by atoms with Crippen LogP contribution in [-0.4, -0.2) is 40.9 Å². The second-order valence-electron chi connectivity index (χ2n) is 6.94. The van der Waals surface area contributed by atoms with Crippen LogP contribution >= 0.6 is 0 Å². The van der Waals surface area contributed by atoms with Crippen molar-refractivity contribution in [3.63, 3.8) is 0 Å². The minimum atomic E-state index is 0.258. The van der Waals surface area contributed by atoms with Gasteiger partial charge in [0.1, 0.15) is 6.10 Å². The number of hydrogen-bond donors (Lipinski definition) is 0. The zero-order valence-corrected chi connectivity index (χ0v) is 14.8. The summed E-state index contributed by atoms with van der Waals surface area (Å²) >= 11 is 0. The summed E-state index contributed by atoms with van der Waals surface area (Å²) in [5.41, 5.74) is 2.38. The second-order valence-corrected chi connectivity index (χ2v) is 6.94. The Hall–Kier alpha value is -2.33. The van der Waals surface area contributed by atoms with Crippen LogP contribution < -0.4 is 4.74 Å². The summed E-state index contributed by atoms with van der Waals surface area (Å²) in [6, 6.07) is 18.8. The van der Waals surface area contributed by atoms with Gasteiger partial charge in [-0.3, -0.25) is 4.68 Å². The van der Waals surface area contributed by atoms with Crippen molar-refractivity contribution in [2.75, 3.05) is 20.1 Å². The Bertz CT molecular complexity index is 828. The zero-order valence-electron chi connectivity index (χ0n) is 14.8. The van der Waals surface area contributed by atoms with Gasteiger partial charge in [-0.2, -0.15) is 0 Å². The lowest BCUT2D eigenvalue weighted by Crippen LogP contribution is -2.21. The maximum absolute atomic E-state index is 6.36. The number of fused-ring (bicyclic) bond motifs is 1. The van der Waals surface area contributed by atoms with E-state index in [1.165, 1.54) is 12.0 Å². The number of hydrogen-bond acceptors (Lipinski definition) is 3. The first-order valence-electron chi connectivity index (χ1n) is 9.14. The van der Waals surface area contributed by atoms with Gasteiger partial charge in [0.25, 0.3) is 0 Å². The van der Waals surface area contributed by atoms with Crippen LogP contribution in [0.5, 0.6) is 5.88 Å². The van der Waals surface area contributed by atoms with Crippen LogP contribution in [-0.2, 0) is 6.54 Å². The molecule has 0 radical (unpaired) electrons. The number of aromatic nitrogens is 2. The summed E-state index contributed by atoms with van der Waals surface area (Å²) in [5.74, 6) is 0.779. The molecule has 0 saturated carbocycles. The number of ether oxygens (including phenoxy) is 1. The van der Waals surface area contributed by atoms with Crippen molar-refractivity contribution in [2.45, 2.75) is 31.9 Å². The van der Waals surface area contributed by atoms with Gasteiger partial charge in [0.2, 0.25) is 5.88 Å². The van der Waals surface area contributed by atoms with Gasteiger partial charge in [0.05, 0.1) is 17.4 Å². The molecule has 2 heterocycles. The molecule has 1 saturated heterocycles. The van der Waals surface area contributed by atoms with Crippen molar-refractivity contribution in [3.8, 4) is 5.88 Å². The van der Waals surface area contributed by atoms with E-state index in [4.69, 9.17) is 9.84 Å². The van der Waals surface area contributed by atoms with E-state index in [-0.39, 0.29) is 6.10 Å². The summed E-state index contributed by atoms with van der Waals surface area (Å²) in [6.45, 7) is 3.01. The molecule has 1 aliphatic heterocycles. The molecule has 0 spiro atoms. The summed E-state index contributed by atoms with van der Waals surface area (Å²) in [4.78, 5) is 2.38. The molecule has 1 aliphatic rings. The van der Waals surface area contributed by atoms with E-state index in [2.05, 4.69) is 65.2 Å². The first-order valence-corrected chi connectivity index (χ1v) is 9.14. The SMILES string of the molecule is CN1CCCC(Oc2nn(Cc3ccccc3)c3ccccc23)CC1. The lowest BCUT2D eigenvalue weighted by molar-refractivity contribution is 0.176. The third kappa shape index (κ3) is 3.69. The van der Waals surface area contributed by atoms with Crippen molar-refractivity contribution in [1.82, 2.24) is 14.7 Å². The Morgan fingerprint density at radius 3 is 2.68 bits per heavy atom. The number of likely N-dealkylation sites (tertiary alicyclic amines) is 1.